The zero-order valence-electron chi connectivity index (χ0n) is 12.0. The van der Waals surface area contributed by atoms with Gasteiger partial charge in [-0.25, -0.2) is 4.98 Å². The summed E-state index contributed by atoms with van der Waals surface area (Å²) >= 11 is 4.95. The first-order valence-corrected chi connectivity index (χ1v) is 8.38. The molecule has 112 valence electrons. The lowest BCUT2D eigenvalue weighted by atomic mass is 10.2. The molecule has 2 rings (SSSR count). The third-order valence-electron chi connectivity index (χ3n) is 2.75. The van der Waals surface area contributed by atoms with Gasteiger partial charge < -0.3 is 10.3 Å². The topological polar surface area (TPSA) is 57.8 Å². The maximum Gasteiger partial charge on any atom is 0.251 e. The SMILES string of the molecule is CC(C)CNCc1ccc(Br)cc1Sc1nccc(=O)[nH]1. The summed E-state index contributed by atoms with van der Waals surface area (Å²) in [7, 11) is 0. The van der Waals surface area contributed by atoms with Crippen molar-refractivity contribution in [3.8, 4) is 0 Å². The van der Waals surface area contributed by atoms with Gasteiger partial charge in [0.05, 0.1) is 0 Å². The molecule has 0 atom stereocenters. The van der Waals surface area contributed by atoms with Crippen LogP contribution >= 0.6 is 27.7 Å². The molecule has 0 aliphatic carbocycles. The monoisotopic (exact) mass is 367 g/mol. The van der Waals surface area contributed by atoms with E-state index in [1.54, 1.807) is 0 Å². The van der Waals surface area contributed by atoms with E-state index in [2.05, 4.69) is 51.1 Å². The molecule has 1 aromatic carbocycles. The van der Waals surface area contributed by atoms with E-state index in [0.717, 1.165) is 22.5 Å². The normalized spacial score (nSPS) is 11.0. The van der Waals surface area contributed by atoms with Crippen molar-refractivity contribution in [1.82, 2.24) is 15.3 Å². The number of halogens is 1. The number of benzene rings is 1. The maximum atomic E-state index is 11.3. The molecule has 6 heteroatoms. The van der Waals surface area contributed by atoms with Gasteiger partial charge in [-0.1, -0.05) is 47.6 Å². The van der Waals surface area contributed by atoms with Crippen LogP contribution in [0, 0.1) is 5.92 Å². The molecule has 0 spiro atoms. The second-order valence-electron chi connectivity index (χ2n) is 5.12. The molecule has 1 aromatic heterocycles. The van der Waals surface area contributed by atoms with Gasteiger partial charge in [0.15, 0.2) is 5.16 Å². The summed E-state index contributed by atoms with van der Waals surface area (Å²) in [5.74, 6) is 0.615. The average molecular weight is 368 g/mol. The second-order valence-corrected chi connectivity index (χ2v) is 7.06. The van der Waals surface area contributed by atoms with E-state index in [0.29, 0.717) is 11.1 Å². The van der Waals surface area contributed by atoms with Crippen molar-refractivity contribution in [2.24, 2.45) is 5.92 Å². The Morgan fingerprint density at radius 3 is 2.90 bits per heavy atom. The van der Waals surface area contributed by atoms with Crippen molar-refractivity contribution in [2.45, 2.75) is 30.4 Å². The molecule has 0 fully saturated rings. The Hall–Kier alpha value is -1.11. The van der Waals surface area contributed by atoms with Gasteiger partial charge in [0.2, 0.25) is 0 Å². The van der Waals surface area contributed by atoms with E-state index in [1.807, 2.05) is 12.1 Å². The Morgan fingerprint density at radius 2 is 2.19 bits per heavy atom. The number of hydrogen-bond acceptors (Lipinski definition) is 4. The standard InChI is InChI=1S/C15H18BrN3OS/c1-10(2)8-17-9-11-3-4-12(16)7-13(11)21-15-18-6-5-14(20)19-15/h3-7,10,17H,8-9H2,1-2H3,(H,18,19,20). The van der Waals surface area contributed by atoms with Crippen LogP contribution in [0.4, 0.5) is 0 Å². The first-order chi connectivity index (χ1) is 10.0. The predicted octanol–water partition coefficient (Wildman–Crippen LogP) is 3.43. The summed E-state index contributed by atoms with van der Waals surface area (Å²) < 4.78 is 1.01. The maximum absolute atomic E-state index is 11.3. The predicted molar refractivity (Wildman–Crippen MR) is 89.7 cm³/mol. The average Bonchev–Trinajstić information content (AvgIpc) is 2.41. The molecule has 0 amide bonds. The molecular weight excluding hydrogens is 350 g/mol. The number of rotatable bonds is 6. The molecule has 0 aliphatic rings. The number of hydrogen-bond donors (Lipinski definition) is 2. The fourth-order valence-corrected chi connectivity index (χ4v) is 3.22. The smallest absolute Gasteiger partial charge is 0.251 e. The zero-order valence-corrected chi connectivity index (χ0v) is 14.4. The summed E-state index contributed by atoms with van der Waals surface area (Å²) in [6.07, 6.45) is 1.52. The van der Waals surface area contributed by atoms with Gasteiger partial charge in [-0.05, 0) is 30.2 Å². The Kier molecular flexibility index (Phi) is 6.02. The summed E-state index contributed by atoms with van der Waals surface area (Å²) in [6, 6.07) is 7.57. The molecule has 0 radical (unpaired) electrons. The Bertz CT molecular complexity index is 657. The summed E-state index contributed by atoms with van der Waals surface area (Å²) in [6.45, 7) is 6.14. The van der Waals surface area contributed by atoms with Crippen molar-refractivity contribution < 1.29 is 0 Å². The number of H-pyrrole nitrogens is 1. The minimum Gasteiger partial charge on any atom is -0.312 e. The van der Waals surface area contributed by atoms with E-state index in [4.69, 9.17) is 0 Å². The Labute approximate surface area is 136 Å². The molecule has 4 nitrogen and oxygen atoms in total. The van der Waals surface area contributed by atoms with Gasteiger partial charge in [-0.2, -0.15) is 0 Å². The highest BCUT2D eigenvalue weighted by atomic mass is 79.9. The summed E-state index contributed by atoms with van der Waals surface area (Å²) in [4.78, 5) is 19.4. The highest BCUT2D eigenvalue weighted by molar-refractivity contribution is 9.10. The highest BCUT2D eigenvalue weighted by Gasteiger charge is 2.07. The van der Waals surface area contributed by atoms with E-state index in [-0.39, 0.29) is 5.56 Å². The lowest BCUT2D eigenvalue weighted by Gasteiger charge is -2.11. The molecule has 0 unspecified atom stereocenters. The van der Waals surface area contributed by atoms with Gasteiger partial charge in [0.1, 0.15) is 0 Å². The Balaban J connectivity index is 2.16. The fraction of sp³-hybridized carbons (Fsp3) is 0.333. The summed E-state index contributed by atoms with van der Waals surface area (Å²) in [5, 5.41) is 4.04. The van der Waals surface area contributed by atoms with Crippen LogP contribution in [0.15, 0.2) is 49.8 Å². The van der Waals surface area contributed by atoms with Crippen LogP contribution in [0.5, 0.6) is 0 Å². The van der Waals surface area contributed by atoms with Crippen LogP contribution in [0.3, 0.4) is 0 Å². The van der Waals surface area contributed by atoms with Crippen LogP contribution < -0.4 is 10.9 Å². The largest absolute Gasteiger partial charge is 0.312 e. The highest BCUT2D eigenvalue weighted by Crippen LogP contribution is 2.30. The number of aromatic nitrogens is 2. The van der Waals surface area contributed by atoms with Gasteiger partial charge in [0.25, 0.3) is 5.56 Å². The van der Waals surface area contributed by atoms with Crippen LogP contribution in [0.25, 0.3) is 0 Å². The van der Waals surface area contributed by atoms with Crippen molar-refractivity contribution in [3.05, 3.63) is 50.9 Å². The molecule has 2 N–H and O–H groups in total. The van der Waals surface area contributed by atoms with Crippen LogP contribution in [0.1, 0.15) is 19.4 Å². The van der Waals surface area contributed by atoms with Crippen molar-refractivity contribution in [1.29, 1.82) is 0 Å². The third-order valence-corrected chi connectivity index (χ3v) is 4.25. The minimum absolute atomic E-state index is 0.137. The lowest BCUT2D eigenvalue weighted by molar-refractivity contribution is 0.550. The lowest BCUT2D eigenvalue weighted by Crippen LogP contribution is -2.19. The van der Waals surface area contributed by atoms with E-state index < -0.39 is 0 Å². The molecule has 0 bridgehead atoms. The zero-order chi connectivity index (χ0) is 15.2. The quantitative estimate of drug-likeness (QED) is 0.767. The third kappa shape index (κ3) is 5.30. The first kappa shape index (κ1) is 16.3. The fourth-order valence-electron chi connectivity index (χ4n) is 1.77. The molecular formula is C15H18BrN3OS. The second kappa shape index (κ2) is 7.77. The van der Waals surface area contributed by atoms with E-state index in [1.165, 1.54) is 29.6 Å². The number of nitrogens with one attached hydrogen (secondary N) is 2. The molecule has 1 heterocycles. The molecule has 0 saturated carbocycles. The minimum atomic E-state index is -0.137. The van der Waals surface area contributed by atoms with Gasteiger partial charge in [-0.3, -0.25) is 4.79 Å². The number of nitrogens with zero attached hydrogens (tertiary/aromatic N) is 1. The van der Waals surface area contributed by atoms with E-state index in [9.17, 15) is 4.79 Å². The van der Waals surface area contributed by atoms with Crippen molar-refractivity contribution in [2.75, 3.05) is 6.54 Å². The summed E-state index contributed by atoms with van der Waals surface area (Å²) in [5.41, 5.74) is 1.05. The molecule has 0 saturated heterocycles. The van der Waals surface area contributed by atoms with Crippen molar-refractivity contribution >= 4 is 27.7 Å². The van der Waals surface area contributed by atoms with Gasteiger partial charge in [0, 0.05) is 28.2 Å². The Morgan fingerprint density at radius 1 is 1.38 bits per heavy atom. The van der Waals surface area contributed by atoms with Crippen LogP contribution in [-0.2, 0) is 6.54 Å². The van der Waals surface area contributed by atoms with Crippen molar-refractivity contribution in [3.63, 3.8) is 0 Å². The van der Waals surface area contributed by atoms with Crippen LogP contribution in [0.2, 0.25) is 0 Å². The first-order valence-electron chi connectivity index (χ1n) is 6.77. The molecule has 21 heavy (non-hydrogen) atoms. The molecule has 2 aromatic rings. The van der Waals surface area contributed by atoms with E-state index >= 15 is 0 Å². The van der Waals surface area contributed by atoms with Gasteiger partial charge >= 0.3 is 0 Å². The molecule has 0 aliphatic heterocycles. The number of aromatic amines is 1. The van der Waals surface area contributed by atoms with Gasteiger partial charge in [-0.15, -0.1) is 0 Å². The van der Waals surface area contributed by atoms with Crippen LogP contribution in [-0.4, -0.2) is 16.5 Å².